The summed E-state index contributed by atoms with van der Waals surface area (Å²) in [5.41, 5.74) is 2.20. The van der Waals surface area contributed by atoms with Crippen LogP contribution >= 0.6 is 23.7 Å². The van der Waals surface area contributed by atoms with Gasteiger partial charge in [-0.25, -0.2) is 4.40 Å². The monoisotopic (exact) mass is 397 g/mol. The van der Waals surface area contributed by atoms with E-state index in [1.54, 1.807) is 11.9 Å². The Bertz CT molecular complexity index is 569. The van der Waals surface area contributed by atoms with Crippen LogP contribution in [0.5, 0.6) is 0 Å². The zero-order valence-electron chi connectivity index (χ0n) is 17.4. The highest BCUT2D eigenvalue weighted by molar-refractivity contribution is 7.99. The Balaban J connectivity index is 3.01. The zero-order valence-corrected chi connectivity index (χ0v) is 20.0. The van der Waals surface area contributed by atoms with E-state index in [0.29, 0.717) is 6.61 Å². The second-order valence-corrected chi connectivity index (χ2v) is 16.5. The molecule has 0 heterocycles. The fourth-order valence-electron chi connectivity index (χ4n) is 1.73. The minimum Gasteiger partial charge on any atom is -0.411 e. The predicted octanol–water partition coefficient (Wildman–Crippen LogP) is 7.06. The molecule has 1 aromatic rings. The first-order valence-electron chi connectivity index (χ1n) is 8.98. The number of hydrogen-bond donors (Lipinski definition) is 0. The van der Waals surface area contributed by atoms with E-state index in [9.17, 15) is 0 Å². The van der Waals surface area contributed by atoms with Gasteiger partial charge in [0.2, 0.25) is 0 Å². The van der Waals surface area contributed by atoms with E-state index in [1.807, 2.05) is 11.8 Å². The molecule has 2 nitrogen and oxygen atoms in total. The Hall–Kier alpha value is -0.233. The zero-order chi connectivity index (χ0) is 19.3. The van der Waals surface area contributed by atoms with Gasteiger partial charge in [0.15, 0.2) is 8.32 Å². The number of thioether (sulfide) groups is 1. The average Bonchev–Trinajstić information content (AvgIpc) is 2.46. The molecule has 1 aromatic carbocycles. The van der Waals surface area contributed by atoms with E-state index < -0.39 is 8.32 Å². The Labute approximate surface area is 164 Å². The molecule has 0 spiro atoms. The lowest BCUT2D eigenvalue weighted by Crippen LogP contribution is -2.42. The first kappa shape index (κ1) is 22.8. The van der Waals surface area contributed by atoms with Gasteiger partial charge in [-0.3, -0.25) is 0 Å². The van der Waals surface area contributed by atoms with Crippen LogP contribution in [0.25, 0.3) is 0 Å². The highest BCUT2D eigenvalue weighted by Crippen LogP contribution is 2.36. The Morgan fingerprint density at radius 3 is 2.04 bits per heavy atom. The topological polar surface area (TPSA) is 21.6 Å². The highest BCUT2D eigenvalue weighted by atomic mass is 32.2. The molecule has 25 heavy (non-hydrogen) atoms. The summed E-state index contributed by atoms with van der Waals surface area (Å²) in [5, 5.41) is 0.205. The van der Waals surface area contributed by atoms with E-state index in [4.69, 9.17) is 8.82 Å². The van der Waals surface area contributed by atoms with Crippen molar-refractivity contribution in [1.82, 2.24) is 0 Å². The molecule has 0 aliphatic rings. The third-order valence-corrected chi connectivity index (χ3v) is 10.5. The summed E-state index contributed by atoms with van der Waals surface area (Å²) in [4.78, 5) is 1.30. The van der Waals surface area contributed by atoms with Crippen molar-refractivity contribution in [1.29, 1.82) is 0 Å². The number of benzene rings is 1. The van der Waals surface area contributed by atoms with Crippen LogP contribution in [-0.4, -0.2) is 31.1 Å². The van der Waals surface area contributed by atoms with Gasteiger partial charge in [-0.05, 0) is 74.3 Å². The fourth-order valence-corrected chi connectivity index (χ4v) is 3.86. The molecule has 0 fully saturated rings. The van der Waals surface area contributed by atoms with Crippen molar-refractivity contribution in [2.45, 2.75) is 76.2 Å². The van der Waals surface area contributed by atoms with Crippen LogP contribution < -0.4 is 0 Å². The minimum absolute atomic E-state index is 0.0974. The Morgan fingerprint density at radius 2 is 1.60 bits per heavy atom. The third kappa shape index (κ3) is 7.89. The lowest BCUT2D eigenvalue weighted by atomic mass is 10.1. The molecule has 0 aliphatic heterocycles. The van der Waals surface area contributed by atoms with Crippen molar-refractivity contribution < 1.29 is 4.43 Å². The van der Waals surface area contributed by atoms with Gasteiger partial charge >= 0.3 is 0 Å². The molecule has 0 bridgehead atoms. The maximum atomic E-state index is 6.44. The van der Waals surface area contributed by atoms with Gasteiger partial charge in [0, 0.05) is 9.64 Å². The van der Waals surface area contributed by atoms with E-state index in [-0.39, 0.29) is 9.79 Å². The van der Waals surface area contributed by atoms with Gasteiger partial charge < -0.3 is 4.43 Å². The summed E-state index contributed by atoms with van der Waals surface area (Å²) in [6.45, 7) is 20.7. The molecule has 142 valence electrons. The predicted molar refractivity (Wildman–Crippen MR) is 120 cm³/mol. The molecule has 0 saturated carbocycles. The standard InChI is InChI=1S/C20H35NOS2Si/c1-10-23-17-13-11-16(12-14-17)18(21-24-19(2,3)4)15-22-25(8,9)20(5,6)7/h11-14H,10,15H2,1-9H3/b21-18-. The maximum absolute atomic E-state index is 6.44. The van der Waals surface area contributed by atoms with Gasteiger partial charge in [0.05, 0.1) is 12.3 Å². The van der Waals surface area contributed by atoms with Crippen molar-refractivity contribution in [3.63, 3.8) is 0 Å². The van der Waals surface area contributed by atoms with Gasteiger partial charge in [-0.1, -0.05) is 39.8 Å². The molecule has 0 atom stereocenters. The van der Waals surface area contributed by atoms with Gasteiger partial charge in [-0.2, -0.15) is 0 Å². The van der Waals surface area contributed by atoms with E-state index in [2.05, 4.69) is 85.8 Å². The van der Waals surface area contributed by atoms with Crippen molar-refractivity contribution >= 4 is 37.7 Å². The van der Waals surface area contributed by atoms with Gasteiger partial charge in [0.25, 0.3) is 0 Å². The van der Waals surface area contributed by atoms with E-state index in [0.717, 1.165) is 17.0 Å². The lowest BCUT2D eigenvalue weighted by molar-refractivity contribution is 0.340. The summed E-state index contributed by atoms with van der Waals surface area (Å²) in [6.07, 6.45) is 0. The molecule has 0 aliphatic carbocycles. The van der Waals surface area contributed by atoms with E-state index in [1.165, 1.54) is 4.90 Å². The molecule has 0 aromatic heterocycles. The fraction of sp³-hybridized carbons (Fsp3) is 0.650. The first-order chi connectivity index (χ1) is 11.4. The smallest absolute Gasteiger partial charge is 0.192 e. The second kappa shape index (κ2) is 9.11. The van der Waals surface area contributed by atoms with Gasteiger partial charge in [-0.15, -0.1) is 11.8 Å². The molecule has 1 rings (SSSR count). The van der Waals surface area contributed by atoms with Crippen LogP contribution in [-0.2, 0) is 4.43 Å². The number of nitrogens with zero attached hydrogens (tertiary/aromatic N) is 1. The summed E-state index contributed by atoms with van der Waals surface area (Å²) >= 11 is 3.49. The van der Waals surface area contributed by atoms with Crippen LogP contribution in [0.1, 0.15) is 54.0 Å². The minimum atomic E-state index is -1.79. The first-order valence-corrected chi connectivity index (χ1v) is 13.6. The average molecular weight is 398 g/mol. The van der Waals surface area contributed by atoms with Crippen molar-refractivity contribution in [3.05, 3.63) is 29.8 Å². The number of rotatable bonds is 7. The number of hydrogen-bond acceptors (Lipinski definition) is 4. The molecule has 5 heteroatoms. The van der Waals surface area contributed by atoms with Crippen LogP contribution in [0.15, 0.2) is 33.6 Å². The molecule has 0 N–H and O–H groups in total. The van der Waals surface area contributed by atoms with E-state index >= 15 is 0 Å². The van der Waals surface area contributed by atoms with Crippen LogP contribution in [0.3, 0.4) is 0 Å². The van der Waals surface area contributed by atoms with Gasteiger partial charge in [0.1, 0.15) is 0 Å². The summed E-state index contributed by atoms with van der Waals surface area (Å²) in [5.74, 6) is 1.09. The summed E-state index contributed by atoms with van der Waals surface area (Å²) in [6, 6.07) is 8.73. The highest BCUT2D eigenvalue weighted by Gasteiger charge is 2.37. The molecule has 0 unspecified atom stereocenters. The molecule has 0 amide bonds. The molecule has 0 radical (unpaired) electrons. The Morgan fingerprint density at radius 1 is 1.04 bits per heavy atom. The largest absolute Gasteiger partial charge is 0.411 e. The second-order valence-electron chi connectivity index (χ2n) is 8.75. The summed E-state index contributed by atoms with van der Waals surface area (Å²) in [7, 11) is -1.79. The Kier molecular flexibility index (Phi) is 8.31. The van der Waals surface area contributed by atoms with Crippen molar-refractivity contribution in [2.75, 3.05) is 12.4 Å². The summed E-state index contributed by atoms with van der Waals surface area (Å²) < 4.78 is 11.4. The SMILES string of the molecule is CCSc1ccc(/C(CO[Si](C)(C)C(C)(C)C)=N\SC(C)(C)C)cc1. The van der Waals surface area contributed by atoms with Crippen LogP contribution in [0.2, 0.25) is 18.1 Å². The van der Waals surface area contributed by atoms with Crippen LogP contribution in [0.4, 0.5) is 0 Å². The maximum Gasteiger partial charge on any atom is 0.192 e. The van der Waals surface area contributed by atoms with Crippen LogP contribution in [0, 0.1) is 0 Å². The third-order valence-electron chi connectivity index (χ3n) is 4.30. The normalized spacial score (nSPS) is 14.0. The molecule has 0 saturated heterocycles. The van der Waals surface area contributed by atoms with Crippen molar-refractivity contribution in [3.8, 4) is 0 Å². The molecular formula is C20H35NOS2Si. The quantitative estimate of drug-likeness (QED) is 0.213. The van der Waals surface area contributed by atoms with Crippen molar-refractivity contribution in [2.24, 2.45) is 4.40 Å². The molecular weight excluding hydrogens is 362 g/mol. The lowest BCUT2D eigenvalue weighted by Gasteiger charge is -2.36.